The van der Waals surface area contributed by atoms with Crippen LogP contribution in [0.1, 0.15) is 45.4 Å². The summed E-state index contributed by atoms with van der Waals surface area (Å²) in [7, 11) is 0. The first-order valence-electron chi connectivity index (χ1n) is 5.96. The van der Waals surface area contributed by atoms with Crippen molar-refractivity contribution in [2.45, 2.75) is 57.7 Å². The fraction of sp³-hybridized carbons (Fsp3) is 1.00. The summed E-state index contributed by atoms with van der Waals surface area (Å²) in [5.41, 5.74) is 0. The Morgan fingerprint density at radius 3 is 2.00 bits per heavy atom. The van der Waals surface area contributed by atoms with E-state index in [9.17, 15) is 0 Å². The molecule has 1 nitrogen and oxygen atoms in total. The molecule has 0 heterocycles. The monoisotopic (exact) mass is 180 g/mol. The maximum absolute atomic E-state index is 5.99. The molecule has 0 N–H and O–H groups in total. The van der Waals surface area contributed by atoms with E-state index >= 15 is 0 Å². The minimum Gasteiger partial charge on any atom is -0.375 e. The molecule has 0 aromatic rings. The van der Waals surface area contributed by atoms with Crippen LogP contribution >= 0.6 is 0 Å². The highest BCUT2D eigenvalue weighted by Crippen LogP contribution is 2.48. The van der Waals surface area contributed by atoms with Crippen LogP contribution in [0, 0.1) is 17.8 Å². The van der Waals surface area contributed by atoms with Gasteiger partial charge in [0.25, 0.3) is 0 Å². The number of fused-ring (bicyclic) bond motifs is 1. The lowest BCUT2D eigenvalue weighted by atomic mass is 10.0. The number of hydrogen-bond acceptors (Lipinski definition) is 1. The maximum Gasteiger partial charge on any atom is 0.0584 e. The lowest BCUT2D eigenvalue weighted by molar-refractivity contribution is 0.0386. The Kier molecular flexibility index (Phi) is 1.90. The summed E-state index contributed by atoms with van der Waals surface area (Å²) in [4.78, 5) is 0. The Labute approximate surface area is 80.8 Å². The Morgan fingerprint density at radius 1 is 0.846 bits per heavy atom. The third kappa shape index (κ3) is 1.63. The largest absolute Gasteiger partial charge is 0.375 e. The molecule has 4 atom stereocenters. The average molecular weight is 180 g/mol. The van der Waals surface area contributed by atoms with Gasteiger partial charge in [0.1, 0.15) is 0 Å². The van der Waals surface area contributed by atoms with Crippen molar-refractivity contribution < 1.29 is 4.74 Å². The Hall–Kier alpha value is -0.0400. The molecule has 74 valence electrons. The van der Waals surface area contributed by atoms with E-state index in [1.54, 1.807) is 0 Å². The van der Waals surface area contributed by atoms with Gasteiger partial charge in [-0.05, 0) is 56.3 Å². The Bertz CT molecular complexity index is 183. The van der Waals surface area contributed by atoms with Gasteiger partial charge in [0.05, 0.1) is 12.2 Å². The second kappa shape index (κ2) is 2.98. The molecule has 13 heavy (non-hydrogen) atoms. The zero-order valence-corrected chi connectivity index (χ0v) is 8.54. The molecule has 0 spiro atoms. The van der Waals surface area contributed by atoms with Gasteiger partial charge in [-0.15, -0.1) is 0 Å². The standard InChI is InChI=1S/C12H20O/c1-8-4-9-6-12(7-10(9)5-8)13-11-2-3-11/h8-12H,2-7H2,1H3/t8-,9-,10+,12+. The average Bonchev–Trinajstić information content (AvgIpc) is 2.68. The topological polar surface area (TPSA) is 9.23 Å². The number of rotatable bonds is 2. The second-order valence-corrected chi connectivity index (χ2v) is 5.53. The third-order valence-corrected chi connectivity index (χ3v) is 4.12. The molecule has 3 fully saturated rings. The first-order valence-corrected chi connectivity index (χ1v) is 5.96. The first kappa shape index (κ1) is 8.28. The molecule has 3 rings (SSSR count). The third-order valence-electron chi connectivity index (χ3n) is 4.12. The summed E-state index contributed by atoms with van der Waals surface area (Å²) in [6, 6.07) is 0. The minimum absolute atomic E-state index is 0.648. The predicted octanol–water partition coefficient (Wildman–Crippen LogP) is 2.99. The second-order valence-electron chi connectivity index (χ2n) is 5.53. The summed E-state index contributed by atoms with van der Waals surface area (Å²) in [5, 5.41) is 0. The van der Waals surface area contributed by atoms with Crippen molar-refractivity contribution >= 4 is 0 Å². The normalized spacial score (nSPS) is 49.6. The fourth-order valence-corrected chi connectivity index (χ4v) is 3.45. The molecule has 3 aliphatic carbocycles. The van der Waals surface area contributed by atoms with Crippen LogP contribution in [0.5, 0.6) is 0 Å². The van der Waals surface area contributed by atoms with E-state index in [4.69, 9.17) is 4.74 Å². The molecule has 0 bridgehead atoms. The fourth-order valence-electron chi connectivity index (χ4n) is 3.45. The van der Waals surface area contributed by atoms with Gasteiger partial charge in [-0.1, -0.05) is 6.92 Å². The van der Waals surface area contributed by atoms with Gasteiger partial charge in [0, 0.05) is 0 Å². The van der Waals surface area contributed by atoms with Crippen molar-refractivity contribution in [2.24, 2.45) is 17.8 Å². The van der Waals surface area contributed by atoms with Crippen LogP contribution < -0.4 is 0 Å². The van der Waals surface area contributed by atoms with Crippen molar-refractivity contribution in [3.05, 3.63) is 0 Å². The van der Waals surface area contributed by atoms with Crippen LogP contribution in [0.4, 0.5) is 0 Å². The van der Waals surface area contributed by atoms with Gasteiger partial charge >= 0.3 is 0 Å². The van der Waals surface area contributed by atoms with Crippen LogP contribution in [0.15, 0.2) is 0 Å². The van der Waals surface area contributed by atoms with Crippen LogP contribution in [-0.2, 0) is 4.74 Å². The first-order chi connectivity index (χ1) is 6.31. The lowest BCUT2D eigenvalue weighted by Crippen LogP contribution is -2.11. The quantitative estimate of drug-likeness (QED) is 0.634. The van der Waals surface area contributed by atoms with Gasteiger partial charge in [-0.3, -0.25) is 0 Å². The smallest absolute Gasteiger partial charge is 0.0584 e. The minimum atomic E-state index is 0.648. The molecule has 1 heteroatoms. The van der Waals surface area contributed by atoms with Crippen molar-refractivity contribution in [2.75, 3.05) is 0 Å². The van der Waals surface area contributed by atoms with Gasteiger partial charge in [0.15, 0.2) is 0 Å². The Balaban J connectivity index is 1.55. The summed E-state index contributed by atoms with van der Waals surface area (Å²) in [6.07, 6.45) is 9.71. The highest BCUT2D eigenvalue weighted by atomic mass is 16.5. The summed E-state index contributed by atoms with van der Waals surface area (Å²) >= 11 is 0. The van der Waals surface area contributed by atoms with E-state index in [0.717, 1.165) is 17.8 Å². The lowest BCUT2D eigenvalue weighted by Gasteiger charge is -2.12. The molecule has 0 amide bonds. The number of ether oxygens (including phenoxy) is 1. The van der Waals surface area contributed by atoms with E-state index < -0.39 is 0 Å². The van der Waals surface area contributed by atoms with Gasteiger partial charge in [-0.2, -0.15) is 0 Å². The van der Waals surface area contributed by atoms with Gasteiger partial charge in [-0.25, -0.2) is 0 Å². The Morgan fingerprint density at radius 2 is 1.46 bits per heavy atom. The molecule has 3 aliphatic rings. The molecule has 3 saturated carbocycles. The van der Waals surface area contributed by atoms with E-state index in [1.165, 1.54) is 38.5 Å². The molecule has 0 radical (unpaired) electrons. The summed E-state index contributed by atoms with van der Waals surface area (Å²) in [5.74, 6) is 3.05. The van der Waals surface area contributed by atoms with Crippen molar-refractivity contribution in [1.29, 1.82) is 0 Å². The molecule has 0 aromatic carbocycles. The highest BCUT2D eigenvalue weighted by Gasteiger charge is 2.42. The SMILES string of the molecule is C[C@@H]1C[C@@H]2C[C@H](OC3CC3)C[C@@H]2C1. The highest BCUT2D eigenvalue weighted by molar-refractivity contribution is 4.92. The molecule has 0 saturated heterocycles. The van der Waals surface area contributed by atoms with Gasteiger partial charge < -0.3 is 4.74 Å². The molecular formula is C12H20O. The van der Waals surface area contributed by atoms with Crippen LogP contribution in [0.3, 0.4) is 0 Å². The maximum atomic E-state index is 5.99. The zero-order valence-electron chi connectivity index (χ0n) is 8.54. The predicted molar refractivity (Wildman–Crippen MR) is 52.5 cm³/mol. The number of hydrogen-bond donors (Lipinski definition) is 0. The van der Waals surface area contributed by atoms with Crippen LogP contribution in [0.25, 0.3) is 0 Å². The van der Waals surface area contributed by atoms with Crippen molar-refractivity contribution in [3.8, 4) is 0 Å². The molecule has 0 unspecified atom stereocenters. The van der Waals surface area contributed by atoms with E-state index in [1.807, 2.05) is 0 Å². The van der Waals surface area contributed by atoms with Gasteiger partial charge in [0.2, 0.25) is 0 Å². The van der Waals surface area contributed by atoms with E-state index in [0.29, 0.717) is 12.2 Å². The van der Waals surface area contributed by atoms with E-state index in [-0.39, 0.29) is 0 Å². The molecule has 0 aliphatic heterocycles. The zero-order chi connectivity index (χ0) is 8.84. The molecular weight excluding hydrogens is 160 g/mol. The van der Waals surface area contributed by atoms with E-state index in [2.05, 4.69) is 6.92 Å². The molecule has 0 aromatic heterocycles. The van der Waals surface area contributed by atoms with Crippen molar-refractivity contribution in [3.63, 3.8) is 0 Å². The van der Waals surface area contributed by atoms with Crippen molar-refractivity contribution in [1.82, 2.24) is 0 Å². The summed E-state index contributed by atoms with van der Waals surface area (Å²) in [6.45, 7) is 2.41. The van der Waals surface area contributed by atoms with Crippen LogP contribution in [0.2, 0.25) is 0 Å². The van der Waals surface area contributed by atoms with Crippen LogP contribution in [-0.4, -0.2) is 12.2 Å². The summed E-state index contributed by atoms with van der Waals surface area (Å²) < 4.78 is 5.99.